The maximum absolute atomic E-state index is 12.0. The fourth-order valence-corrected chi connectivity index (χ4v) is 3.82. The number of aryl methyl sites for hydroxylation is 1. The lowest BCUT2D eigenvalue weighted by atomic mass is 10.1. The van der Waals surface area contributed by atoms with E-state index in [1.165, 1.54) is 0 Å². The molecular formula is C21H35N5O4. The van der Waals surface area contributed by atoms with Crippen molar-refractivity contribution >= 4 is 12.1 Å². The van der Waals surface area contributed by atoms with Crippen LogP contribution in [0.1, 0.15) is 31.4 Å². The first kappa shape index (κ1) is 22.4. The van der Waals surface area contributed by atoms with E-state index in [0.717, 1.165) is 63.4 Å². The molecule has 0 radical (unpaired) electrons. The lowest BCUT2D eigenvalue weighted by Crippen LogP contribution is -2.54. The van der Waals surface area contributed by atoms with Gasteiger partial charge in [-0.25, -0.2) is 4.79 Å². The average Bonchev–Trinajstić information content (AvgIpc) is 3.20. The van der Waals surface area contributed by atoms with Crippen molar-refractivity contribution in [1.29, 1.82) is 0 Å². The summed E-state index contributed by atoms with van der Waals surface area (Å²) in [5.41, 5.74) is 0. The van der Waals surface area contributed by atoms with Gasteiger partial charge in [-0.1, -0.05) is 0 Å². The van der Waals surface area contributed by atoms with Crippen LogP contribution < -0.4 is 5.32 Å². The minimum atomic E-state index is -0.236. The second-order valence-electron chi connectivity index (χ2n) is 7.48. The molecule has 2 fully saturated rings. The molecule has 3 heterocycles. The van der Waals surface area contributed by atoms with Crippen LogP contribution in [0.3, 0.4) is 0 Å². The zero-order valence-electron chi connectivity index (χ0n) is 18.4. The van der Waals surface area contributed by atoms with E-state index >= 15 is 0 Å². The van der Waals surface area contributed by atoms with Crippen LogP contribution in [0.4, 0.5) is 4.79 Å². The molecule has 1 atom stereocenters. The van der Waals surface area contributed by atoms with Crippen molar-refractivity contribution in [3.63, 3.8) is 0 Å². The molecule has 1 unspecified atom stereocenters. The number of aliphatic imine (C=N–C) groups is 1. The van der Waals surface area contributed by atoms with Gasteiger partial charge in [0, 0.05) is 45.8 Å². The molecule has 0 aromatic carbocycles. The van der Waals surface area contributed by atoms with Crippen LogP contribution in [-0.2, 0) is 9.47 Å². The summed E-state index contributed by atoms with van der Waals surface area (Å²) in [5.74, 6) is 2.73. The summed E-state index contributed by atoms with van der Waals surface area (Å²) in [7, 11) is 0. The van der Waals surface area contributed by atoms with E-state index in [4.69, 9.17) is 18.9 Å². The molecule has 0 spiro atoms. The third kappa shape index (κ3) is 5.89. The van der Waals surface area contributed by atoms with Gasteiger partial charge < -0.3 is 29.0 Å². The normalized spacial score (nSPS) is 19.6. The van der Waals surface area contributed by atoms with Gasteiger partial charge >= 0.3 is 6.09 Å². The number of ether oxygens (including phenoxy) is 2. The summed E-state index contributed by atoms with van der Waals surface area (Å²) in [6, 6.07) is 4.14. The Hall–Kier alpha value is -2.26. The molecule has 9 nitrogen and oxygen atoms in total. The van der Waals surface area contributed by atoms with Gasteiger partial charge in [-0.15, -0.1) is 0 Å². The van der Waals surface area contributed by atoms with E-state index in [1.54, 1.807) is 4.90 Å². The van der Waals surface area contributed by atoms with E-state index in [1.807, 2.05) is 19.9 Å². The highest BCUT2D eigenvalue weighted by Crippen LogP contribution is 2.24. The van der Waals surface area contributed by atoms with Gasteiger partial charge in [-0.05, 0) is 32.9 Å². The molecule has 3 rings (SSSR count). The van der Waals surface area contributed by atoms with Gasteiger partial charge in [0.2, 0.25) is 0 Å². The molecular weight excluding hydrogens is 386 g/mol. The van der Waals surface area contributed by atoms with Crippen LogP contribution in [0.5, 0.6) is 0 Å². The quantitative estimate of drug-likeness (QED) is 0.553. The number of amides is 1. The van der Waals surface area contributed by atoms with Crippen LogP contribution in [0, 0.1) is 6.92 Å². The molecule has 2 saturated heterocycles. The number of guanidine groups is 1. The van der Waals surface area contributed by atoms with Gasteiger partial charge in [0.05, 0.1) is 32.4 Å². The van der Waals surface area contributed by atoms with E-state index in [9.17, 15) is 4.79 Å². The number of hydrogen-bond donors (Lipinski definition) is 1. The van der Waals surface area contributed by atoms with Gasteiger partial charge in [-0.2, -0.15) is 0 Å². The minimum absolute atomic E-state index is 0.0806. The first-order valence-corrected chi connectivity index (χ1v) is 11.0. The van der Waals surface area contributed by atoms with Crippen LogP contribution >= 0.6 is 0 Å². The van der Waals surface area contributed by atoms with Crippen LogP contribution in [0.25, 0.3) is 0 Å². The van der Waals surface area contributed by atoms with E-state index in [0.29, 0.717) is 26.2 Å². The SMILES string of the molecule is CCNC(=NCC(c1ccc(C)o1)N1CCOCC1)N1CCN(C(=O)OCC)CC1. The molecule has 1 aromatic heterocycles. The zero-order chi connectivity index (χ0) is 21.3. The Balaban J connectivity index is 1.67. The number of piperazine rings is 1. The topological polar surface area (TPSA) is 82.8 Å². The molecule has 0 aliphatic carbocycles. The van der Waals surface area contributed by atoms with Gasteiger partial charge in [0.25, 0.3) is 0 Å². The minimum Gasteiger partial charge on any atom is -0.465 e. The van der Waals surface area contributed by atoms with Crippen molar-refractivity contribution in [2.45, 2.75) is 26.8 Å². The highest BCUT2D eigenvalue weighted by Gasteiger charge is 2.27. The van der Waals surface area contributed by atoms with Crippen molar-refractivity contribution < 1.29 is 18.7 Å². The molecule has 30 heavy (non-hydrogen) atoms. The first-order valence-electron chi connectivity index (χ1n) is 11.0. The third-order valence-corrected chi connectivity index (χ3v) is 5.43. The van der Waals surface area contributed by atoms with Crippen molar-refractivity contribution in [1.82, 2.24) is 20.0 Å². The fourth-order valence-electron chi connectivity index (χ4n) is 3.82. The Bertz CT molecular complexity index is 693. The molecule has 1 aromatic rings. The predicted octanol–water partition coefficient (Wildman–Crippen LogP) is 1.70. The highest BCUT2D eigenvalue weighted by atomic mass is 16.6. The Morgan fingerprint density at radius 3 is 2.43 bits per heavy atom. The third-order valence-electron chi connectivity index (χ3n) is 5.43. The number of furan rings is 1. The van der Waals surface area contributed by atoms with Crippen molar-refractivity contribution in [3.8, 4) is 0 Å². The van der Waals surface area contributed by atoms with Crippen LogP contribution in [0.15, 0.2) is 21.5 Å². The standard InChI is InChI=1S/C21H35N5O4/c1-4-22-20(25-8-10-26(11-9-25)21(27)29-5-2)23-16-18(19-7-6-17(3)30-19)24-12-14-28-15-13-24/h6-7,18H,4-5,8-16H2,1-3H3,(H,22,23). The molecule has 168 valence electrons. The van der Waals surface area contributed by atoms with Crippen molar-refractivity contribution in [2.75, 3.05) is 72.2 Å². The second-order valence-corrected chi connectivity index (χ2v) is 7.48. The molecule has 0 bridgehead atoms. The number of nitrogens with one attached hydrogen (secondary N) is 1. The summed E-state index contributed by atoms with van der Waals surface area (Å²) >= 11 is 0. The summed E-state index contributed by atoms with van der Waals surface area (Å²) in [6.07, 6.45) is -0.236. The molecule has 0 saturated carbocycles. The van der Waals surface area contributed by atoms with Gasteiger partial charge in [0.1, 0.15) is 11.5 Å². The summed E-state index contributed by atoms with van der Waals surface area (Å²) in [6.45, 7) is 13.6. The van der Waals surface area contributed by atoms with Gasteiger partial charge in [-0.3, -0.25) is 9.89 Å². The number of hydrogen-bond acceptors (Lipinski definition) is 6. The van der Waals surface area contributed by atoms with Crippen LogP contribution in [0.2, 0.25) is 0 Å². The molecule has 1 N–H and O–H groups in total. The molecule has 2 aliphatic heterocycles. The monoisotopic (exact) mass is 421 g/mol. The van der Waals surface area contributed by atoms with E-state index in [-0.39, 0.29) is 12.1 Å². The number of rotatable bonds is 6. The van der Waals surface area contributed by atoms with Crippen molar-refractivity contribution in [3.05, 3.63) is 23.7 Å². The number of morpholine rings is 1. The number of nitrogens with zero attached hydrogens (tertiary/aromatic N) is 4. The summed E-state index contributed by atoms with van der Waals surface area (Å²) < 4.78 is 16.6. The molecule has 1 amide bonds. The van der Waals surface area contributed by atoms with Crippen molar-refractivity contribution in [2.24, 2.45) is 4.99 Å². The predicted molar refractivity (Wildman–Crippen MR) is 115 cm³/mol. The summed E-state index contributed by atoms with van der Waals surface area (Å²) in [5, 5.41) is 3.40. The largest absolute Gasteiger partial charge is 0.465 e. The number of carbonyl (C=O) groups is 1. The number of carbonyl (C=O) groups excluding carboxylic acids is 1. The highest BCUT2D eigenvalue weighted by molar-refractivity contribution is 5.80. The van der Waals surface area contributed by atoms with E-state index in [2.05, 4.69) is 28.1 Å². The second kappa shape index (κ2) is 11.2. The molecule has 2 aliphatic rings. The first-order chi connectivity index (χ1) is 14.6. The maximum Gasteiger partial charge on any atom is 0.409 e. The van der Waals surface area contributed by atoms with E-state index < -0.39 is 0 Å². The average molecular weight is 422 g/mol. The summed E-state index contributed by atoms with van der Waals surface area (Å²) in [4.78, 5) is 23.3. The van der Waals surface area contributed by atoms with Crippen LogP contribution in [-0.4, -0.2) is 98.9 Å². The smallest absolute Gasteiger partial charge is 0.409 e. The Labute approximate surface area is 179 Å². The Kier molecular flexibility index (Phi) is 8.39. The fraction of sp³-hybridized carbons (Fsp3) is 0.714. The Morgan fingerprint density at radius 2 is 1.83 bits per heavy atom. The Morgan fingerprint density at radius 1 is 1.13 bits per heavy atom. The zero-order valence-corrected chi connectivity index (χ0v) is 18.4. The maximum atomic E-state index is 12.0. The lowest BCUT2D eigenvalue weighted by molar-refractivity contribution is 0.0134. The molecule has 9 heteroatoms. The lowest BCUT2D eigenvalue weighted by Gasteiger charge is -2.36. The van der Waals surface area contributed by atoms with Gasteiger partial charge in [0.15, 0.2) is 5.96 Å².